The van der Waals surface area contributed by atoms with Crippen molar-refractivity contribution in [1.29, 1.82) is 0 Å². The molecular formula is C18H18N2O3. The Hall–Kier alpha value is -2.82. The summed E-state index contributed by atoms with van der Waals surface area (Å²) in [5, 5.41) is 0. The molecule has 0 unspecified atom stereocenters. The predicted octanol–water partition coefficient (Wildman–Crippen LogP) is 4.67. The van der Waals surface area contributed by atoms with Crippen molar-refractivity contribution in [2.45, 2.75) is 20.8 Å². The van der Waals surface area contributed by atoms with Crippen LogP contribution >= 0.6 is 0 Å². The molecule has 0 atom stereocenters. The van der Waals surface area contributed by atoms with Crippen molar-refractivity contribution >= 4 is 22.2 Å². The van der Waals surface area contributed by atoms with Crippen molar-refractivity contribution < 1.29 is 13.6 Å². The molecule has 23 heavy (non-hydrogen) atoms. The number of ether oxygens (including phenoxy) is 1. The lowest BCUT2D eigenvalue weighted by Gasteiger charge is -2.00. The maximum Gasteiger partial charge on any atom is 0.181 e. The summed E-state index contributed by atoms with van der Waals surface area (Å²) in [4.78, 5) is 8.11. The Morgan fingerprint density at radius 1 is 0.957 bits per heavy atom. The smallest absolute Gasteiger partial charge is 0.181 e. The van der Waals surface area contributed by atoms with E-state index in [0.717, 1.165) is 27.9 Å². The molecule has 118 valence electrons. The van der Waals surface area contributed by atoms with Crippen molar-refractivity contribution in [3.8, 4) is 5.75 Å². The minimum absolute atomic E-state index is 0.670. The molecular weight excluding hydrogens is 292 g/mol. The second-order valence-electron chi connectivity index (χ2n) is 5.20. The van der Waals surface area contributed by atoms with Crippen LogP contribution in [0.1, 0.15) is 18.1 Å². The number of aryl methyl sites for hydroxylation is 2. The van der Waals surface area contributed by atoms with Crippen LogP contribution in [-0.2, 0) is 0 Å². The van der Waals surface area contributed by atoms with E-state index in [1.165, 1.54) is 23.9 Å². The van der Waals surface area contributed by atoms with Crippen LogP contribution in [0.5, 0.6) is 5.75 Å². The largest absolute Gasteiger partial charge is 0.494 e. The summed E-state index contributed by atoms with van der Waals surface area (Å²) in [7, 11) is 0. The van der Waals surface area contributed by atoms with E-state index in [1.54, 1.807) is 0 Å². The van der Waals surface area contributed by atoms with E-state index in [1.807, 2.05) is 38.1 Å². The number of rotatable bonds is 2. The molecule has 0 spiro atoms. The van der Waals surface area contributed by atoms with Crippen LogP contribution in [0.15, 0.2) is 52.0 Å². The number of fused-ring (bicyclic) bond motifs is 2. The van der Waals surface area contributed by atoms with Crippen LogP contribution in [0.2, 0.25) is 0 Å². The minimum atomic E-state index is 0.670. The normalized spacial score (nSPS) is 10.6. The van der Waals surface area contributed by atoms with Crippen LogP contribution in [0.3, 0.4) is 0 Å². The van der Waals surface area contributed by atoms with Gasteiger partial charge in [0.15, 0.2) is 24.0 Å². The molecule has 2 aromatic heterocycles. The molecule has 0 amide bonds. The highest BCUT2D eigenvalue weighted by molar-refractivity contribution is 5.76. The van der Waals surface area contributed by atoms with E-state index in [2.05, 4.69) is 23.0 Å². The Kier molecular flexibility index (Phi) is 4.28. The fraction of sp³-hybridized carbons (Fsp3) is 0.222. The quantitative estimate of drug-likeness (QED) is 0.538. The lowest BCUT2D eigenvalue weighted by molar-refractivity contribution is 0.340. The molecule has 0 aliphatic rings. The van der Waals surface area contributed by atoms with Gasteiger partial charge in [-0.3, -0.25) is 0 Å². The van der Waals surface area contributed by atoms with Gasteiger partial charge >= 0.3 is 0 Å². The standard InChI is InChI=1S/C9H9NO2.C9H9NO/c1-2-11-7-3-4-9-8(5-7)10-6-12-9;1-6-3-7(2)9-8(4-6)11-5-10-9/h3-6H,2H2,1H3;3-5H,1-2H3. The third-order valence-electron chi connectivity index (χ3n) is 3.38. The Morgan fingerprint density at radius 3 is 2.57 bits per heavy atom. The van der Waals surface area contributed by atoms with E-state index in [9.17, 15) is 0 Å². The van der Waals surface area contributed by atoms with Crippen molar-refractivity contribution in [1.82, 2.24) is 9.97 Å². The van der Waals surface area contributed by atoms with Gasteiger partial charge in [0.05, 0.1) is 6.61 Å². The Bertz CT molecular complexity index is 924. The SMILES string of the molecule is CCOc1ccc2ocnc2c1.Cc1cc(C)c2ncoc2c1. The number of hydrogen-bond acceptors (Lipinski definition) is 5. The molecule has 2 heterocycles. The number of benzene rings is 2. The molecule has 4 rings (SSSR count). The maximum absolute atomic E-state index is 5.30. The van der Waals surface area contributed by atoms with Gasteiger partial charge in [0, 0.05) is 6.07 Å². The monoisotopic (exact) mass is 310 g/mol. The summed E-state index contributed by atoms with van der Waals surface area (Å²) in [5.74, 6) is 0.832. The number of aromatic nitrogens is 2. The van der Waals surface area contributed by atoms with Gasteiger partial charge in [-0.15, -0.1) is 0 Å². The lowest BCUT2D eigenvalue weighted by atomic mass is 10.1. The van der Waals surface area contributed by atoms with Crippen LogP contribution < -0.4 is 4.74 Å². The molecule has 0 aliphatic heterocycles. The lowest BCUT2D eigenvalue weighted by Crippen LogP contribution is -1.90. The average molecular weight is 310 g/mol. The third-order valence-corrected chi connectivity index (χ3v) is 3.38. The predicted molar refractivity (Wildman–Crippen MR) is 88.7 cm³/mol. The number of nitrogens with zero attached hydrogens (tertiary/aromatic N) is 2. The Balaban J connectivity index is 0.000000136. The molecule has 0 saturated carbocycles. The number of oxazole rings is 2. The van der Waals surface area contributed by atoms with Crippen molar-refractivity contribution in [2.75, 3.05) is 6.61 Å². The fourth-order valence-corrected chi connectivity index (χ4v) is 2.41. The zero-order valence-electron chi connectivity index (χ0n) is 13.4. The first-order chi connectivity index (χ1) is 11.2. The first-order valence-electron chi connectivity index (χ1n) is 7.44. The molecule has 0 bridgehead atoms. The highest BCUT2D eigenvalue weighted by Gasteiger charge is 2.01. The van der Waals surface area contributed by atoms with Gasteiger partial charge in [-0.05, 0) is 50.1 Å². The summed E-state index contributed by atoms with van der Waals surface area (Å²) in [5.41, 5.74) is 5.86. The van der Waals surface area contributed by atoms with Crippen LogP contribution in [0.4, 0.5) is 0 Å². The molecule has 2 aromatic carbocycles. The van der Waals surface area contributed by atoms with Gasteiger partial charge in [-0.2, -0.15) is 0 Å². The van der Waals surface area contributed by atoms with Crippen LogP contribution in [0.25, 0.3) is 22.2 Å². The second-order valence-corrected chi connectivity index (χ2v) is 5.20. The summed E-state index contributed by atoms with van der Waals surface area (Å²) >= 11 is 0. The van der Waals surface area contributed by atoms with Crippen LogP contribution in [0, 0.1) is 13.8 Å². The van der Waals surface area contributed by atoms with Crippen molar-refractivity contribution in [3.63, 3.8) is 0 Å². The van der Waals surface area contributed by atoms with Crippen molar-refractivity contribution in [2.24, 2.45) is 0 Å². The first kappa shape index (κ1) is 15.1. The van der Waals surface area contributed by atoms with E-state index in [4.69, 9.17) is 13.6 Å². The highest BCUT2D eigenvalue weighted by Crippen LogP contribution is 2.19. The molecule has 4 aromatic rings. The minimum Gasteiger partial charge on any atom is -0.494 e. The Morgan fingerprint density at radius 2 is 1.74 bits per heavy atom. The summed E-state index contributed by atoms with van der Waals surface area (Å²) in [6, 6.07) is 9.69. The van der Waals surface area contributed by atoms with Gasteiger partial charge in [-0.1, -0.05) is 6.07 Å². The molecule has 0 aliphatic carbocycles. The zero-order valence-corrected chi connectivity index (χ0v) is 13.4. The molecule has 0 radical (unpaired) electrons. The molecule has 0 fully saturated rings. The molecule has 0 N–H and O–H groups in total. The average Bonchev–Trinajstić information content (AvgIpc) is 3.16. The second kappa shape index (κ2) is 6.52. The summed E-state index contributed by atoms with van der Waals surface area (Å²) in [6.45, 7) is 6.71. The Labute approximate surface area is 133 Å². The van der Waals surface area contributed by atoms with Gasteiger partial charge in [0.1, 0.15) is 16.8 Å². The van der Waals surface area contributed by atoms with Gasteiger partial charge in [0.25, 0.3) is 0 Å². The maximum atomic E-state index is 5.30. The van der Waals surface area contributed by atoms with E-state index < -0.39 is 0 Å². The van der Waals surface area contributed by atoms with Gasteiger partial charge in [0.2, 0.25) is 0 Å². The first-order valence-corrected chi connectivity index (χ1v) is 7.44. The summed E-state index contributed by atoms with van der Waals surface area (Å²) < 4.78 is 15.6. The van der Waals surface area contributed by atoms with Crippen LogP contribution in [-0.4, -0.2) is 16.6 Å². The molecule has 0 saturated heterocycles. The number of hydrogen-bond donors (Lipinski definition) is 0. The van der Waals surface area contributed by atoms with E-state index >= 15 is 0 Å². The highest BCUT2D eigenvalue weighted by atomic mass is 16.5. The zero-order chi connectivity index (χ0) is 16.2. The third kappa shape index (κ3) is 3.34. The van der Waals surface area contributed by atoms with Crippen molar-refractivity contribution in [3.05, 3.63) is 54.2 Å². The molecule has 5 heteroatoms. The van der Waals surface area contributed by atoms with E-state index in [-0.39, 0.29) is 0 Å². The van der Waals surface area contributed by atoms with Gasteiger partial charge < -0.3 is 13.6 Å². The fourth-order valence-electron chi connectivity index (χ4n) is 2.41. The van der Waals surface area contributed by atoms with E-state index in [0.29, 0.717) is 6.61 Å². The van der Waals surface area contributed by atoms with Gasteiger partial charge in [-0.25, -0.2) is 9.97 Å². The summed E-state index contributed by atoms with van der Waals surface area (Å²) in [6.07, 6.45) is 2.91. The topological polar surface area (TPSA) is 61.3 Å². The molecule has 5 nitrogen and oxygen atoms in total.